The van der Waals surface area contributed by atoms with Gasteiger partial charge in [0, 0.05) is 42.6 Å². The molecule has 0 unspecified atom stereocenters. The fraction of sp³-hybridized carbons (Fsp3) is 0.143. The molecule has 0 saturated carbocycles. The molecule has 5 nitrogen and oxygen atoms in total. The maximum absolute atomic E-state index is 11.6. The van der Waals surface area contributed by atoms with Crippen LogP contribution in [0.4, 0.5) is 11.5 Å². The van der Waals surface area contributed by atoms with Gasteiger partial charge in [-0.05, 0) is 42.0 Å². The van der Waals surface area contributed by atoms with E-state index in [4.69, 9.17) is 16.3 Å². The Hall–Kier alpha value is -3.05. The number of carbonyl (C=O) groups is 1. The summed E-state index contributed by atoms with van der Waals surface area (Å²) < 4.78 is 5.53. The van der Waals surface area contributed by atoms with E-state index in [1.165, 1.54) is 4.90 Å². The van der Waals surface area contributed by atoms with Gasteiger partial charge in [-0.2, -0.15) is 0 Å². The molecule has 3 aromatic rings. The number of pyridine rings is 1. The Bertz CT molecular complexity index is 927. The summed E-state index contributed by atoms with van der Waals surface area (Å²) in [5.74, 6) is 1.24. The van der Waals surface area contributed by atoms with E-state index in [2.05, 4.69) is 10.3 Å². The summed E-state index contributed by atoms with van der Waals surface area (Å²) in [6.07, 6.45) is 1.80. The van der Waals surface area contributed by atoms with Crippen molar-refractivity contribution >= 4 is 29.0 Å². The molecule has 0 aliphatic rings. The number of ether oxygens (including phenoxy) is 1. The number of benzene rings is 2. The lowest BCUT2D eigenvalue weighted by atomic mass is 10.1. The molecule has 0 saturated heterocycles. The Morgan fingerprint density at radius 1 is 1.07 bits per heavy atom. The van der Waals surface area contributed by atoms with Crippen molar-refractivity contribution in [2.75, 3.05) is 26.0 Å². The van der Waals surface area contributed by atoms with Crippen LogP contribution >= 0.6 is 11.6 Å². The van der Waals surface area contributed by atoms with Gasteiger partial charge in [0.15, 0.2) is 6.61 Å². The zero-order valence-corrected chi connectivity index (χ0v) is 15.9. The Balaban J connectivity index is 1.67. The van der Waals surface area contributed by atoms with E-state index in [0.29, 0.717) is 16.6 Å². The molecule has 0 aliphatic heterocycles. The lowest BCUT2D eigenvalue weighted by Crippen LogP contribution is -2.27. The highest BCUT2D eigenvalue weighted by Gasteiger charge is 2.06. The van der Waals surface area contributed by atoms with Crippen molar-refractivity contribution in [3.8, 4) is 16.9 Å². The molecule has 0 atom stereocenters. The van der Waals surface area contributed by atoms with Crippen LogP contribution in [-0.2, 0) is 4.79 Å². The van der Waals surface area contributed by atoms with Gasteiger partial charge in [0.2, 0.25) is 0 Å². The first-order valence-corrected chi connectivity index (χ1v) is 8.81. The Morgan fingerprint density at radius 3 is 2.59 bits per heavy atom. The van der Waals surface area contributed by atoms with Crippen molar-refractivity contribution in [2.24, 2.45) is 0 Å². The maximum Gasteiger partial charge on any atom is 0.259 e. The van der Waals surface area contributed by atoms with Crippen molar-refractivity contribution in [1.29, 1.82) is 0 Å². The van der Waals surface area contributed by atoms with Crippen molar-refractivity contribution < 1.29 is 9.53 Å². The number of carbonyl (C=O) groups excluding carboxylic acids is 1. The van der Waals surface area contributed by atoms with Gasteiger partial charge in [-0.25, -0.2) is 4.98 Å². The molecule has 1 amide bonds. The van der Waals surface area contributed by atoms with Gasteiger partial charge < -0.3 is 15.0 Å². The molecule has 3 rings (SSSR count). The van der Waals surface area contributed by atoms with Gasteiger partial charge in [-0.15, -0.1) is 0 Å². The van der Waals surface area contributed by atoms with Crippen LogP contribution in [0, 0.1) is 0 Å². The molecule has 1 N–H and O–H groups in total. The van der Waals surface area contributed by atoms with E-state index < -0.39 is 0 Å². The van der Waals surface area contributed by atoms with Gasteiger partial charge in [0.05, 0.1) is 0 Å². The molecule has 1 heterocycles. The smallest absolute Gasteiger partial charge is 0.259 e. The molecule has 0 fully saturated rings. The summed E-state index contributed by atoms with van der Waals surface area (Å²) in [6, 6.07) is 18.9. The number of hydrogen-bond donors (Lipinski definition) is 1. The minimum Gasteiger partial charge on any atom is -0.484 e. The van der Waals surface area contributed by atoms with Crippen LogP contribution in [0.15, 0.2) is 66.9 Å². The van der Waals surface area contributed by atoms with E-state index in [1.807, 2.05) is 60.7 Å². The van der Waals surface area contributed by atoms with Crippen molar-refractivity contribution in [1.82, 2.24) is 9.88 Å². The quantitative estimate of drug-likeness (QED) is 0.677. The number of hydrogen-bond acceptors (Lipinski definition) is 4. The van der Waals surface area contributed by atoms with Crippen molar-refractivity contribution in [2.45, 2.75) is 0 Å². The second-order valence-corrected chi connectivity index (χ2v) is 6.61. The topological polar surface area (TPSA) is 54.5 Å². The van der Waals surface area contributed by atoms with Gasteiger partial charge >= 0.3 is 0 Å². The Labute approximate surface area is 163 Å². The molecular formula is C21H20ClN3O2. The number of nitrogens with zero attached hydrogens (tertiary/aromatic N) is 2. The Morgan fingerprint density at radius 2 is 1.89 bits per heavy atom. The van der Waals surface area contributed by atoms with Crippen LogP contribution in [0.2, 0.25) is 5.02 Å². The summed E-state index contributed by atoms with van der Waals surface area (Å²) in [6.45, 7) is 0.00301. The highest BCUT2D eigenvalue weighted by molar-refractivity contribution is 6.30. The molecule has 27 heavy (non-hydrogen) atoms. The van der Waals surface area contributed by atoms with Gasteiger partial charge in [-0.3, -0.25) is 4.79 Å². The van der Waals surface area contributed by atoms with E-state index in [0.717, 1.165) is 16.8 Å². The largest absolute Gasteiger partial charge is 0.484 e. The first kappa shape index (κ1) is 18.7. The standard InChI is InChI=1S/C21H20ClN3O2/c1-25(2)21(26)14-27-19-8-4-7-18(12-19)24-20-10-9-16(13-23-20)15-5-3-6-17(22)11-15/h3-13H,14H2,1-2H3,(H,23,24). The average molecular weight is 382 g/mol. The summed E-state index contributed by atoms with van der Waals surface area (Å²) >= 11 is 6.04. The lowest BCUT2D eigenvalue weighted by Gasteiger charge is -2.12. The normalized spacial score (nSPS) is 10.3. The van der Waals surface area contributed by atoms with Crippen LogP contribution < -0.4 is 10.1 Å². The summed E-state index contributed by atoms with van der Waals surface area (Å²) in [5, 5.41) is 3.93. The monoisotopic (exact) mass is 381 g/mol. The van der Waals surface area contributed by atoms with Crippen molar-refractivity contribution in [3.05, 3.63) is 71.9 Å². The summed E-state index contributed by atoms with van der Waals surface area (Å²) in [7, 11) is 3.39. The van der Waals surface area contributed by atoms with Crippen LogP contribution in [0.1, 0.15) is 0 Å². The van der Waals surface area contributed by atoms with Crippen LogP contribution in [0.25, 0.3) is 11.1 Å². The fourth-order valence-electron chi connectivity index (χ4n) is 2.39. The molecule has 1 aromatic heterocycles. The number of halogens is 1. The third-order valence-corrected chi connectivity index (χ3v) is 4.12. The Kier molecular flexibility index (Phi) is 5.94. The maximum atomic E-state index is 11.6. The fourth-order valence-corrected chi connectivity index (χ4v) is 2.58. The van der Waals surface area contributed by atoms with Crippen molar-refractivity contribution in [3.63, 3.8) is 0 Å². The van der Waals surface area contributed by atoms with Gasteiger partial charge in [-0.1, -0.05) is 29.8 Å². The lowest BCUT2D eigenvalue weighted by molar-refractivity contribution is -0.130. The first-order valence-electron chi connectivity index (χ1n) is 8.43. The highest BCUT2D eigenvalue weighted by atomic mass is 35.5. The van der Waals surface area contributed by atoms with E-state index >= 15 is 0 Å². The number of rotatable bonds is 6. The number of amides is 1. The predicted molar refractivity (Wildman–Crippen MR) is 109 cm³/mol. The number of aromatic nitrogens is 1. The third kappa shape index (κ3) is 5.21. The molecule has 6 heteroatoms. The number of nitrogens with one attached hydrogen (secondary N) is 1. The second kappa shape index (κ2) is 8.56. The summed E-state index contributed by atoms with van der Waals surface area (Å²) in [5.41, 5.74) is 2.83. The minimum absolute atomic E-state index is 0.00301. The highest BCUT2D eigenvalue weighted by Crippen LogP contribution is 2.25. The van der Waals surface area contributed by atoms with Gasteiger partial charge in [0.1, 0.15) is 11.6 Å². The van der Waals surface area contributed by atoms with E-state index in [1.54, 1.807) is 20.3 Å². The predicted octanol–water partition coefficient (Wildman–Crippen LogP) is 4.61. The average Bonchev–Trinajstić information content (AvgIpc) is 2.67. The zero-order valence-electron chi connectivity index (χ0n) is 15.1. The molecular weight excluding hydrogens is 362 g/mol. The zero-order chi connectivity index (χ0) is 19.2. The van der Waals surface area contributed by atoms with Crippen LogP contribution in [0.3, 0.4) is 0 Å². The molecule has 0 radical (unpaired) electrons. The van der Waals surface area contributed by atoms with Gasteiger partial charge in [0.25, 0.3) is 5.91 Å². The van der Waals surface area contributed by atoms with Crippen LogP contribution in [0.5, 0.6) is 5.75 Å². The molecule has 0 aliphatic carbocycles. The molecule has 0 bridgehead atoms. The number of likely N-dealkylation sites (N-methyl/N-ethyl adjacent to an activating group) is 1. The molecule has 2 aromatic carbocycles. The minimum atomic E-state index is -0.0911. The summed E-state index contributed by atoms with van der Waals surface area (Å²) in [4.78, 5) is 17.6. The van der Waals surface area contributed by atoms with E-state index in [-0.39, 0.29) is 12.5 Å². The SMILES string of the molecule is CN(C)C(=O)COc1cccc(Nc2ccc(-c3cccc(Cl)c3)cn2)c1. The molecule has 0 spiro atoms. The van der Waals surface area contributed by atoms with Crippen LogP contribution in [-0.4, -0.2) is 36.5 Å². The molecule has 138 valence electrons. The van der Waals surface area contributed by atoms with E-state index in [9.17, 15) is 4.79 Å². The first-order chi connectivity index (χ1) is 13.0. The third-order valence-electron chi connectivity index (χ3n) is 3.89. The second-order valence-electron chi connectivity index (χ2n) is 6.17. The number of anilines is 2.